The van der Waals surface area contributed by atoms with Crippen molar-refractivity contribution < 1.29 is 9.13 Å². The summed E-state index contributed by atoms with van der Waals surface area (Å²) >= 11 is 5.87. The molecular formula is C16H17ClFNO. The van der Waals surface area contributed by atoms with Gasteiger partial charge in [-0.15, -0.1) is 0 Å². The fourth-order valence-electron chi connectivity index (χ4n) is 1.86. The molecule has 0 saturated carbocycles. The SMILES string of the molecule is CCNCc1ccccc1OCc1cc(Cl)ccc1F. The summed E-state index contributed by atoms with van der Waals surface area (Å²) in [4.78, 5) is 0. The van der Waals surface area contributed by atoms with Gasteiger partial charge in [0.25, 0.3) is 0 Å². The Balaban J connectivity index is 2.08. The Morgan fingerprint density at radius 2 is 1.95 bits per heavy atom. The second kappa shape index (κ2) is 7.27. The lowest BCUT2D eigenvalue weighted by atomic mass is 10.2. The maximum atomic E-state index is 13.6. The van der Waals surface area contributed by atoms with Crippen molar-refractivity contribution in [2.75, 3.05) is 6.54 Å². The van der Waals surface area contributed by atoms with E-state index in [4.69, 9.17) is 16.3 Å². The van der Waals surface area contributed by atoms with Crippen LogP contribution in [0.1, 0.15) is 18.1 Å². The summed E-state index contributed by atoms with van der Waals surface area (Å²) in [6, 6.07) is 12.2. The van der Waals surface area contributed by atoms with E-state index in [1.165, 1.54) is 12.1 Å². The molecule has 0 radical (unpaired) electrons. The Hall–Kier alpha value is -1.58. The first-order valence-corrected chi connectivity index (χ1v) is 6.94. The Bertz CT molecular complexity index is 574. The van der Waals surface area contributed by atoms with Gasteiger partial charge in [0.15, 0.2) is 0 Å². The van der Waals surface area contributed by atoms with Crippen molar-refractivity contribution in [3.05, 3.63) is 64.4 Å². The van der Waals surface area contributed by atoms with Crippen LogP contribution in [-0.2, 0) is 13.2 Å². The first kappa shape index (κ1) is 14.8. The van der Waals surface area contributed by atoms with Crippen molar-refractivity contribution in [2.24, 2.45) is 0 Å². The summed E-state index contributed by atoms with van der Waals surface area (Å²) in [5.41, 5.74) is 1.51. The summed E-state index contributed by atoms with van der Waals surface area (Å²) < 4.78 is 19.3. The molecule has 0 atom stereocenters. The van der Waals surface area contributed by atoms with Crippen LogP contribution in [0, 0.1) is 5.82 Å². The number of rotatable bonds is 6. The van der Waals surface area contributed by atoms with E-state index in [-0.39, 0.29) is 12.4 Å². The largest absolute Gasteiger partial charge is 0.488 e. The van der Waals surface area contributed by atoms with E-state index in [9.17, 15) is 4.39 Å². The molecule has 4 heteroatoms. The van der Waals surface area contributed by atoms with Gasteiger partial charge in [-0.1, -0.05) is 36.7 Å². The highest BCUT2D eigenvalue weighted by molar-refractivity contribution is 6.30. The third kappa shape index (κ3) is 3.95. The molecule has 0 aliphatic carbocycles. The van der Waals surface area contributed by atoms with E-state index >= 15 is 0 Å². The zero-order valence-corrected chi connectivity index (χ0v) is 12.1. The summed E-state index contributed by atoms with van der Waals surface area (Å²) in [6.45, 7) is 3.82. The predicted molar refractivity (Wildman–Crippen MR) is 79.6 cm³/mol. The van der Waals surface area contributed by atoms with Crippen LogP contribution < -0.4 is 10.1 Å². The number of para-hydroxylation sites is 1. The molecule has 2 aromatic carbocycles. The molecule has 0 fully saturated rings. The predicted octanol–water partition coefficient (Wildman–Crippen LogP) is 4.17. The second-order valence-electron chi connectivity index (χ2n) is 4.41. The first-order chi connectivity index (χ1) is 9.70. The summed E-state index contributed by atoms with van der Waals surface area (Å²) in [6.07, 6.45) is 0. The Labute approximate surface area is 123 Å². The molecule has 0 amide bonds. The van der Waals surface area contributed by atoms with Crippen LogP contribution in [0.15, 0.2) is 42.5 Å². The molecule has 106 valence electrons. The van der Waals surface area contributed by atoms with Gasteiger partial charge in [0.1, 0.15) is 18.2 Å². The monoisotopic (exact) mass is 293 g/mol. The van der Waals surface area contributed by atoms with Crippen molar-refractivity contribution in [3.8, 4) is 5.75 Å². The van der Waals surface area contributed by atoms with Gasteiger partial charge in [0, 0.05) is 22.7 Å². The highest BCUT2D eigenvalue weighted by Gasteiger charge is 2.06. The minimum atomic E-state index is -0.307. The molecule has 0 saturated heterocycles. The maximum Gasteiger partial charge on any atom is 0.129 e. The van der Waals surface area contributed by atoms with E-state index in [0.29, 0.717) is 10.6 Å². The first-order valence-electron chi connectivity index (χ1n) is 6.56. The molecule has 0 aliphatic heterocycles. The highest BCUT2D eigenvalue weighted by Crippen LogP contribution is 2.21. The van der Waals surface area contributed by atoms with Crippen LogP contribution in [-0.4, -0.2) is 6.54 Å². The zero-order valence-electron chi connectivity index (χ0n) is 11.3. The van der Waals surface area contributed by atoms with Crippen LogP contribution in [0.3, 0.4) is 0 Å². The van der Waals surface area contributed by atoms with Gasteiger partial charge in [-0.25, -0.2) is 4.39 Å². The minimum absolute atomic E-state index is 0.162. The number of ether oxygens (including phenoxy) is 1. The number of hydrogen-bond acceptors (Lipinski definition) is 2. The quantitative estimate of drug-likeness (QED) is 0.863. The van der Waals surface area contributed by atoms with E-state index < -0.39 is 0 Å². The van der Waals surface area contributed by atoms with Crippen LogP contribution >= 0.6 is 11.6 Å². The van der Waals surface area contributed by atoms with Gasteiger partial charge in [-0.3, -0.25) is 0 Å². The fraction of sp³-hybridized carbons (Fsp3) is 0.250. The smallest absolute Gasteiger partial charge is 0.129 e. The van der Waals surface area contributed by atoms with Gasteiger partial charge in [0.2, 0.25) is 0 Å². The van der Waals surface area contributed by atoms with Gasteiger partial charge in [-0.2, -0.15) is 0 Å². The van der Waals surface area contributed by atoms with E-state index in [2.05, 4.69) is 5.32 Å². The molecule has 0 aromatic heterocycles. The fourth-order valence-corrected chi connectivity index (χ4v) is 2.05. The molecule has 1 N–H and O–H groups in total. The molecule has 2 nitrogen and oxygen atoms in total. The summed E-state index contributed by atoms with van der Waals surface area (Å²) in [5, 5.41) is 3.75. The molecule has 0 unspecified atom stereocenters. The highest BCUT2D eigenvalue weighted by atomic mass is 35.5. The standard InChI is InChI=1S/C16H17ClFNO/c1-2-19-10-12-5-3-4-6-16(12)20-11-13-9-14(17)7-8-15(13)18/h3-9,19H,2,10-11H2,1H3. The van der Waals surface area contributed by atoms with Crippen LogP contribution in [0.5, 0.6) is 5.75 Å². The molecule has 2 aromatic rings. The van der Waals surface area contributed by atoms with Gasteiger partial charge >= 0.3 is 0 Å². The molecule has 0 heterocycles. The average Bonchev–Trinajstić information content (AvgIpc) is 2.47. The minimum Gasteiger partial charge on any atom is -0.488 e. The molecule has 0 aliphatic rings. The average molecular weight is 294 g/mol. The summed E-state index contributed by atoms with van der Waals surface area (Å²) in [5.74, 6) is 0.450. The second-order valence-corrected chi connectivity index (χ2v) is 4.85. The molecule has 20 heavy (non-hydrogen) atoms. The number of benzene rings is 2. The van der Waals surface area contributed by atoms with Crippen LogP contribution in [0.25, 0.3) is 0 Å². The Kier molecular flexibility index (Phi) is 5.39. The molecule has 2 rings (SSSR count). The lowest BCUT2D eigenvalue weighted by Crippen LogP contribution is -2.13. The lowest BCUT2D eigenvalue weighted by molar-refractivity contribution is 0.296. The summed E-state index contributed by atoms with van der Waals surface area (Å²) in [7, 11) is 0. The Morgan fingerprint density at radius 3 is 2.75 bits per heavy atom. The van der Waals surface area contributed by atoms with Crippen molar-refractivity contribution in [1.29, 1.82) is 0 Å². The van der Waals surface area contributed by atoms with Gasteiger partial charge in [-0.05, 0) is 30.8 Å². The maximum absolute atomic E-state index is 13.6. The lowest BCUT2D eigenvalue weighted by Gasteiger charge is -2.12. The van der Waals surface area contributed by atoms with E-state index in [0.717, 1.165) is 24.4 Å². The zero-order chi connectivity index (χ0) is 14.4. The van der Waals surface area contributed by atoms with Crippen molar-refractivity contribution in [2.45, 2.75) is 20.1 Å². The van der Waals surface area contributed by atoms with Gasteiger partial charge < -0.3 is 10.1 Å². The van der Waals surface area contributed by atoms with Crippen LogP contribution in [0.4, 0.5) is 4.39 Å². The molecule has 0 bridgehead atoms. The third-order valence-corrected chi connectivity index (χ3v) is 3.16. The van der Waals surface area contributed by atoms with Crippen molar-refractivity contribution in [3.63, 3.8) is 0 Å². The normalized spacial score (nSPS) is 10.6. The van der Waals surface area contributed by atoms with E-state index in [1.807, 2.05) is 31.2 Å². The van der Waals surface area contributed by atoms with E-state index in [1.54, 1.807) is 6.07 Å². The molecule has 0 spiro atoms. The Morgan fingerprint density at radius 1 is 1.15 bits per heavy atom. The van der Waals surface area contributed by atoms with Crippen molar-refractivity contribution >= 4 is 11.6 Å². The van der Waals surface area contributed by atoms with Crippen molar-refractivity contribution in [1.82, 2.24) is 5.32 Å². The van der Waals surface area contributed by atoms with Gasteiger partial charge in [0.05, 0.1) is 0 Å². The number of halogens is 2. The molecular weight excluding hydrogens is 277 g/mol. The topological polar surface area (TPSA) is 21.3 Å². The number of nitrogens with one attached hydrogen (secondary N) is 1. The van der Waals surface area contributed by atoms with Crippen LogP contribution in [0.2, 0.25) is 5.02 Å². The number of hydrogen-bond donors (Lipinski definition) is 1. The third-order valence-electron chi connectivity index (χ3n) is 2.93.